The highest BCUT2D eigenvalue weighted by atomic mass is 35.5. The van der Waals surface area contributed by atoms with Crippen molar-refractivity contribution < 1.29 is 8.42 Å². The van der Waals surface area contributed by atoms with E-state index < -0.39 is 9.84 Å². The zero-order chi connectivity index (χ0) is 14.8. The molecule has 0 saturated heterocycles. The van der Waals surface area contributed by atoms with Crippen LogP contribution in [-0.2, 0) is 9.84 Å². The van der Waals surface area contributed by atoms with Crippen LogP contribution in [0.3, 0.4) is 0 Å². The summed E-state index contributed by atoms with van der Waals surface area (Å²) < 4.78 is 23.2. The van der Waals surface area contributed by atoms with E-state index in [1.165, 1.54) is 25.5 Å². The average molecular weight is 316 g/mol. The van der Waals surface area contributed by atoms with Gasteiger partial charge in [-0.2, -0.15) is 0 Å². The van der Waals surface area contributed by atoms with E-state index in [0.717, 1.165) is 24.4 Å². The predicted octanol–water partition coefficient (Wildman–Crippen LogP) is 4.12. The van der Waals surface area contributed by atoms with E-state index in [1.54, 1.807) is 18.2 Å². The minimum Gasteiger partial charge on any atom is -0.381 e. The minimum absolute atomic E-state index is 0.312. The molecule has 1 aliphatic rings. The largest absolute Gasteiger partial charge is 0.381 e. The second kappa shape index (κ2) is 6.35. The first-order valence-corrected chi connectivity index (χ1v) is 9.43. The van der Waals surface area contributed by atoms with Crippen LogP contribution in [0.5, 0.6) is 0 Å². The lowest BCUT2D eigenvalue weighted by Crippen LogP contribution is -2.26. The monoisotopic (exact) mass is 315 g/mol. The van der Waals surface area contributed by atoms with Crippen LogP contribution >= 0.6 is 11.6 Å². The standard InChI is InChI=1S/C15H22ClNO2S/c1-3-11-4-6-12(7-5-11)17-15-10-13(20(2,18)19)8-9-14(15)16/h8-12,17H,3-7H2,1-2H3. The van der Waals surface area contributed by atoms with Gasteiger partial charge < -0.3 is 5.32 Å². The highest BCUT2D eigenvalue weighted by Crippen LogP contribution is 2.31. The molecule has 0 amide bonds. The van der Waals surface area contributed by atoms with Gasteiger partial charge in [-0.3, -0.25) is 0 Å². The quantitative estimate of drug-likeness (QED) is 0.909. The van der Waals surface area contributed by atoms with Crippen LogP contribution < -0.4 is 5.32 Å². The number of hydrogen-bond acceptors (Lipinski definition) is 3. The second-order valence-corrected chi connectivity index (χ2v) is 8.11. The van der Waals surface area contributed by atoms with E-state index in [2.05, 4.69) is 12.2 Å². The normalized spacial score (nSPS) is 23.6. The van der Waals surface area contributed by atoms with Gasteiger partial charge >= 0.3 is 0 Å². The predicted molar refractivity (Wildman–Crippen MR) is 84.2 cm³/mol. The van der Waals surface area contributed by atoms with Crippen LogP contribution in [0.4, 0.5) is 5.69 Å². The molecular formula is C15H22ClNO2S. The molecule has 0 aromatic heterocycles. The molecule has 0 unspecified atom stereocenters. The minimum atomic E-state index is -3.19. The summed E-state index contributed by atoms with van der Waals surface area (Å²) in [7, 11) is -3.19. The van der Waals surface area contributed by atoms with Gasteiger partial charge in [0.15, 0.2) is 9.84 Å². The van der Waals surface area contributed by atoms with Gasteiger partial charge in [0.05, 0.1) is 15.6 Å². The van der Waals surface area contributed by atoms with Crippen molar-refractivity contribution in [2.24, 2.45) is 5.92 Å². The molecule has 0 bridgehead atoms. The summed E-state index contributed by atoms with van der Waals surface area (Å²) in [5, 5.41) is 3.99. The van der Waals surface area contributed by atoms with Gasteiger partial charge in [0.25, 0.3) is 0 Å². The fraction of sp³-hybridized carbons (Fsp3) is 0.600. The van der Waals surface area contributed by atoms with E-state index in [9.17, 15) is 8.42 Å². The Kier molecular flexibility index (Phi) is 4.97. The molecule has 1 N–H and O–H groups in total. The Morgan fingerprint density at radius 1 is 1.25 bits per heavy atom. The van der Waals surface area contributed by atoms with E-state index in [4.69, 9.17) is 11.6 Å². The third-order valence-corrected chi connectivity index (χ3v) is 5.59. The third-order valence-electron chi connectivity index (χ3n) is 4.15. The molecule has 0 atom stereocenters. The molecular weight excluding hydrogens is 294 g/mol. The van der Waals surface area contributed by atoms with Crippen molar-refractivity contribution >= 4 is 27.1 Å². The van der Waals surface area contributed by atoms with Gasteiger partial charge in [0, 0.05) is 12.3 Å². The van der Waals surface area contributed by atoms with Crippen molar-refractivity contribution in [2.75, 3.05) is 11.6 Å². The van der Waals surface area contributed by atoms with Crippen molar-refractivity contribution in [3.63, 3.8) is 0 Å². The molecule has 20 heavy (non-hydrogen) atoms. The molecule has 1 fully saturated rings. The summed E-state index contributed by atoms with van der Waals surface area (Å²) in [5.41, 5.74) is 0.731. The maximum atomic E-state index is 11.6. The molecule has 0 heterocycles. The van der Waals surface area contributed by atoms with Crippen molar-refractivity contribution in [3.8, 4) is 0 Å². The van der Waals surface area contributed by atoms with Gasteiger partial charge in [-0.15, -0.1) is 0 Å². The summed E-state index contributed by atoms with van der Waals surface area (Å²) in [4.78, 5) is 0.312. The maximum Gasteiger partial charge on any atom is 0.175 e. The molecule has 1 saturated carbocycles. The molecule has 2 rings (SSSR count). The van der Waals surface area contributed by atoms with Gasteiger partial charge in [0.2, 0.25) is 0 Å². The lowest BCUT2D eigenvalue weighted by Gasteiger charge is -2.29. The molecule has 1 aromatic carbocycles. The summed E-state index contributed by atoms with van der Waals surface area (Å²) in [6, 6.07) is 5.24. The summed E-state index contributed by atoms with van der Waals surface area (Å²) in [6.45, 7) is 2.24. The van der Waals surface area contributed by atoms with Gasteiger partial charge in [-0.1, -0.05) is 24.9 Å². The van der Waals surface area contributed by atoms with Gasteiger partial charge in [-0.25, -0.2) is 8.42 Å². The van der Waals surface area contributed by atoms with Crippen molar-refractivity contribution in [2.45, 2.75) is 50.0 Å². The number of sulfone groups is 1. The van der Waals surface area contributed by atoms with Crippen LogP contribution in [0.25, 0.3) is 0 Å². The molecule has 1 aliphatic carbocycles. The Balaban J connectivity index is 2.10. The SMILES string of the molecule is CCC1CCC(Nc2cc(S(C)(=O)=O)ccc2Cl)CC1. The molecule has 5 heteroatoms. The van der Waals surface area contributed by atoms with Crippen LogP contribution in [0.1, 0.15) is 39.0 Å². The lowest BCUT2D eigenvalue weighted by atomic mass is 9.84. The first-order valence-electron chi connectivity index (χ1n) is 7.16. The van der Waals surface area contributed by atoms with Gasteiger partial charge in [-0.05, 0) is 49.8 Å². The Labute approximate surface area is 126 Å². The molecule has 112 valence electrons. The number of rotatable bonds is 4. The van der Waals surface area contributed by atoms with E-state index >= 15 is 0 Å². The first-order chi connectivity index (χ1) is 9.40. The first kappa shape index (κ1) is 15.6. The highest BCUT2D eigenvalue weighted by Gasteiger charge is 2.21. The topological polar surface area (TPSA) is 46.2 Å². The average Bonchev–Trinajstić information content (AvgIpc) is 2.41. The molecule has 0 aliphatic heterocycles. The summed E-state index contributed by atoms with van der Waals surface area (Å²) in [6.07, 6.45) is 7.18. The Hall–Kier alpha value is -0.740. The summed E-state index contributed by atoms with van der Waals surface area (Å²) >= 11 is 6.16. The zero-order valence-electron chi connectivity index (χ0n) is 12.0. The number of nitrogens with one attached hydrogen (secondary N) is 1. The Morgan fingerprint density at radius 2 is 1.90 bits per heavy atom. The smallest absolute Gasteiger partial charge is 0.175 e. The number of halogens is 1. The second-order valence-electron chi connectivity index (χ2n) is 5.68. The third kappa shape index (κ3) is 3.89. The van der Waals surface area contributed by atoms with Crippen molar-refractivity contribution in [1.29, 1.82) is 0 Å². The number of anilines is 1. The van der Waals surface area contributed by atoms with E-state index in [0.29, 0.717) is 16.0 Å². The molecule has 0 radical (unpaired) electrons. The van der Waals surface area contributed by atoms with Crippen LogP contribution in [-0.4, -0.2) is 20.7 Å². The zero-order valence-corrected chi connectivity index (χ0v) is 13.6. The fourth-order valence-electron chi connectivity index (χ4n) is 2.78. The molecule has 1 aromatic rings. The van der Waals surface area contributed by atoms with E-state index in [-0.39, 0.29) is 0 Å². The van der Waals surface area contributed by atoms with Crippen LogP contribution in [0, 0.1) is 5.92 Å². The maximum absolute atomic E-state index is 11.6. The number of hydrogen-bond donors (Lipinski definition) is 1. The fourth-order valence-corrected chi connectivity index (χ4v) is 3.60. The van der Waals surface area contributed by atoms with E-state index in [1.807, 2.05) is 0 Å². The molecule has 3 nitrogen and oxygen atoms in total. The van der Waals surface area contributed by atoms with Crippen LogP contribution in [0.2, 0.25) is 5.02 Å². The van der Waals surface area contributed by atoms with Crippen molar-refractivity contribution in [3.05, 3.63) is 23.2 Å². The summed E-state index contributed by atoms with van der Waals surface area (Å²) in [5.74, 6) is 0.839. The Morgan fingerprint density at radius 3 is 2.45 bits per heavy atom. The number of benzene rings is 1. The molecule has 0 spiro atoms. The van der Waals surface area contributed by atoms with Crippen LogP contribution in [0.15, 0.2) is 23.1 Å². The Bertz CT molecular complexity index is 563. The highest BCUT2D eigenvalue weighted by molar-refractivity contribution is 7.90. The van der Waals surface area contributed by atoms with Crippen molar-refractivity contribution in [1.82, 2.24) is 0 Å². The van der Waals surface area contributed by atoms with Gasteiger partial charge in [0.1, 0.15) is 0 Å². The lowest BCUT2D eigenvalue weighted by molar-refractivity contribution is 0.330.